The van der Waals surface area contributed by atoms with E-state index in [0.29, 0.717) is 5.69 Å². The maximum absolute atomic E-state index is 7.81. The molecule has 1 heterocycles. The molecule has 1 aromatic heterocycles. The molecule has 0 atom stereocenters. The molecule has 0 aliphatic carbocycles. The molecule has 0 spiro atoms. The van der Waals surface area contributed by atoms with Gasteiger partial charge in [-0.25, -0.2) is 4.99 Å². The number of rotatable bonds is 2. The number of nitrogens with two attached hydrogens (primary N) is 1. The molecule has 0 fully saturated rings. The van der Waals surface area contributed by atoms with E-state index in [1.54, 1.807) is 18.3 Å². The summed E-state index contributed by atoms with van der Waals surface area (Å²) in [6, 6.07) is 14.6. The van der Waals surface area contributed by atoms with Crippen molar-refractivity contribution in [1.82, 2.24) is 4.98 Å². The zero-order valence-electron chi connectivity index (χ0n) is 11.2. The summed E-state index contributed by atoms with van der Waals surface area (Å²) in [5, 5.41) is 7.81. The number of nitrogens with zero attached hydrogens (tertiary/aromatic N) is 2. The molecule has 19 heavy (non-hydrogen) atoms. The van der Waals surface area contributed by atoms with Gasteiger partial charge in [0.2, 0.25) is 0 Å². The van der Waals surface area contributed by atoms with Crippen LogP contribution in [0.15, 0.2) is 59.7 Å². The third kappa shape index (κ3) is 4.35. The fourth-order valence-corrected chi connectivity index (χ4v) is 1.35. The molecule has 0 amide bonds. The predicted molar refractivity (Wildman–Crippen MR) is 79.6 cm³/mol. The van der Waals surface area contributed by atoms with E-state index in [-0.39, 0.29) is 11.7 Å². The van der Waals surface area contributed by atoms with E-state index in [4.69, 9.17) is 11.1 Å². The molecular weight excluding hydrogens is 236 g/mol. The molecular formula is C15H18N4. The summed E-state index contributed by atoms with van der Waals surface area (Å²) in [4.78, 5) is 8.11. The van der Waals surface area contributed by atoms with E-state index in [0.717, 1.165) is 5.56 Å². The Morgan fingerprint density at radius 1 is 1.05 bits per heavy atom. The van der Waals surface area contributed by atoms with Gasteiger partial charge in [-0.1, -0.05) is 50.2 Å². The van der Waals surface area contributed by atoms with Crippen molar-refractivity contribution in [3.63, 3.8) is 0 Å². The summed E-state index contributed by atoms with van der Waals surface area (Å²) in [6.07, 6.45) is 1.64. The van der Waals surface area contributed by atoms with Gasteiger partial charge in [0.1, 0.15) is 5.69 Å². The van der Waals surface area contributed by atoms with Crippen LogP contribution in [0, 0.1) is 5.41 Å². The van der Waals surface area contributed by atoms with Crippen LogP contribution in [0.4, 0.5) is 0 Å². The van der Waals surface area contributed by atoms with Gasteiger partial charge in [0, 0.05) is 11.8 Å². The number of aliphatic imine (C=N–C) groups is 1. The van der Waals surface area contributed by atoms with E-state index >= 15 is 0 Å². The molecule has 1 aromatic carbocycles. The molecule has 0 aliphatic rings. The number of hydrogen-bond acceptors (Lipinski definition) is 2. The molecule has 2 aromatic rings. The van der Waals surface area contributed by atoms with Crippen molar-refractivity contribution in [3.05, 3.63) is 66.0 Å². The summed E-state index contributed by atoms with van der Waals surface area (Å²) >= 11 is 0. The van der Waals surface area contributed by atoms with Crippen molar-refractivity contribution in [1.29, 1.82) is 5.41 Å². The number of hydrogen-bond donors (Lipinski definition) is 2. The third-order valence-electron chi connectivity index (χ3n) is 2.21. The van der Waals surface area contributed by atoms with Crippen LogP contribution >= 0.6 is 0 Å². The van der Waals surface area contributed by atoms with Crippen molar-refractivity contribution < 1.29 is 0 Å². The molecule has 0 bridgehead atoms. The Morgan fingerprint density at radius 2 is 1.68 bits per heavy atom. The zero-order valence-corrected chi connectivity index (χ0v) is 11.2. The van der Waals surface area contributed by atoms with Gasteiger partial charge >= 0.3 is 0 Å². The molecule has 2 rings (SSSR count). The van der Waals surface area contributed by atoms with Gasteiger partial charge in [-0.3, -0.25) is 10.4 Å². The minimum Gasteiger partial charge on any atom is -0.382 e. The zero-order chi connectivity index (χ0) is 14.1. The van der Waals surface area contributed by atoms with E-state index in [2.05, 4.69) is 9.98 Å². The van der Waals surface area contributed by atoms with Crippen molar-refractivity contribution >= 4 is 11.7 Å². The normalized spacial score (nSPS) is 10.3. The first kappa shape index (κ1) is 14.6. The van der Waals surface area contributed by atoms with Crippen LogP contribution in [-0.2, 0) is 0 Å². The molecule has 3 N–H and O–H groups in total. The largest absolute Gasteiger partial charge is 0.382 e. The summed E-state index contributed by atoms with van der Waals surface area (Å²) in [7, 11) is 0. The molecule has 0 saturated carbocycles. The van der Waals surface area contributed by atoms with Crippen LogP contribution in [0.3, 0.4) is 0 Å². The van der Waals surface area contributed by atoms with Crippen molar-refractivity contribution in [2.45, 2.75) is 13.8 Å². The minimum atomic E-state index is 0.133. The fourth-order valence-electron chi connectivity index (χ4n) is 1.35. The predicted octanol–water partition coefficient (Wildman–Crippen LogP) is 2.84. The maximum atomic E-state index is 7.81. The molecule has 0 unspecified atom stereocenters. The first-order valence-electron chi connectivity index (χ1n) is 6.17. The van der Waals surface area contributed by atoms with Gasteiger partial charge in [-0.05, 0) is 12.1 Å². The van der Waals surface area contributed by atoms with E-state index in [9.17, 15) is 0 Å². The number of pyridine rings is 1. The lowest BCUT2D eigenvalue weighted by atomic mass is 10.2. The lowest BCUT2D eigenvalue weighted by molar-refractivity contribution is 1.27. The molecule has 0 radical (unpaired) electrons. The second-order valence-electron chi connectivity index (χ2n) is 3.43. The van der Waals surface area contributed by atoms with Crippen LogP contribution in [0.1, 0.15) is 25.1 Å². The van der Waals surface area contributed by atoms with Crippen molar-refractivity contribution in [2.24, 2.45) is 10.7 Å². The quantitative estimate of drug-likeness (QED) is 0.638. The average molecular weight is 254 g/mol. The Bertz CT molecular complexity index is 533. The summed E-state index contributed by atoms with van der Waals surface area (Å²) in [5.41, 5.74) is 7.09. The fraction of sp³-hybridized carbons (Fsp3) is 0.133. The van der Waals surface area contributed by atoms with Gasteiger partial charge in [-0.2, -0.15) is 0 Å². The molecule has 4 nitrogen and oxygen atoms in total. The maximum Gasteiger partial charge on any atom is 0.154 e. The number of amidine groups is 2. The van der Waals surface area contributed by atoms with Crippen molar-refractivity contribution in [2.75, 3.05) is 0 Å². The van der Waals surface area contributed by atoms with E-state index in [1.807, 2.05) is 50.2 Å². The van der Waals surface area contributed by atoms with Gasteiger partial charge < -0.3 is 5.73 Å². The standard InChI is InChI=1S/C13H12N4.C2H6/c14-12(10-6-2-1-3-7-10)17-13(15)11-8-4-5-9-16-11;1-2/h1-9H,(H3,14,15,17);1-2H3. The number of nitrogens with one attached hydrogen (secondary N) is 1. The molecule has 0 aliphatic heterocycles. The van der Waals surface area contributed by atoms with Crippen LogP contribution in [-0.4, -0.2) is 16.7 Å². The monoisotopic (exact) mass is 254 g/mol. The first-order valence-corrected chi connectivity index (χ1v) is 6.17. The third-order valence-corrected chi connectivity index (χ3v) is 2.21. The van der Waals surface area contributed by atoms with Crippen LogP contribution in [0.25, 0.3) is 0 Å². The Morgan fingerprint density at radius 3 is 2.26 bits per heavy atom. The second-order valence-corrected chi connectivity index (χ2v) is 3.43. The minimum absolute atomic E-state index is 0.133. The van der Waals surface area contributed by atoms with E-state index in [1.165, 1.54) is 0 Å². The molecule has 98 valence electrons. The average Bonchev–Trinajstić information content (AvgIpc) is 2.51. The highest BCUT2D eigenvalue weighted by Gasteiger charge is 2.02. The summed E-state index contributed by atoms with van der Waals surface area (Å²) in [5.74, 6) is 0.383. The summed E-state index contributed by atoms with van der Waals surface area (Å²) < 4.78 is 0. The lowest BCUT2D eigenvalue weighted by Crippen LogP contribution is -2.17. The Hall–Kier alpha value is -2.49. The number of benzene rings is 1. The summed E-state index contributed by atoms with van der Waals surface area (Å²) in [6.45, 7) is 4.00. The van der Waals surface area contributed by atoms with E-state index < -0.39 is 0 Å². The first-order chi connectivity index (χ1) is 9.27. The lowest BCUT2D eigenvalue weighted by Gasteiger charge is -2.01. The van der Waals surface area contributed by atoms with Crippen LogP contribution in [0.5, 0.6) is 0 Å². The second kappa shape index (κ2) is 7.76. The number of aromatic nitrogens is 1. The van der Waals surface area contributed by atoms with Gasteiger partial charge in [0.25, 0.3) is 0 Å². The topological polar surface area (TPSA) is 75.1 Å². The highest BCUT2D eigenvalue weighted by atomic mass is 14.9. The SMILES string of the molecule is CC.N=C(N=C(N)c1ccccn1)c1ccccc1. The molecule has 4 heteroatoms. The van der Waals surface area contributed by atoms with Gasteiger partial charge in [0.05, 0.1) is 0 Å². The highest BCUT2D eigenvalue weighted by Crippen LogP contribution is 2.02. The Balaban J connectivity index is 0.000000861. The van der Waals surface area contributed by atoms with Gasteiger partial charge in [-0.15, -0.1) is 0 Å². The van der Waals surface area contributed by atoms with Crippen LogP contribution < -0.4 is 5.73 Å². The smallest absolute Gasteiger partial charge is 0.154 e. The van der Waals surface area contributed by atoms with Crippen molar-refractivity contribution in [3.8, 4) is 0 Å². The Kier molecular flexibility index (Phi) is 5.95. The highest BCUT2D eigenvalue weighted by molar-refractivity contribution is 6.08. The Labute approximate surface area is 113 Å². The van der Waals surface area contributed by atoms with Gasteiger partial charge in [0.15, 0.2) is 11.7 Å². The van der Waals surface area contributed by atoms with Crippen LogP contribution in [0.2, 0.25) is 0 Å². The molecule has 0 saturated heterocycles.